The van der Waals surface area contributed by atoms with E-state index >= 15 is 0 Å². The number of nitrogens with zero attached hydrogens (tertiary/aromatic N) is 2. The van der Waals surface area contributed by atoms with Gasteiger partial charge in [-0.25, -0.2) is 4.98 Å². The van der Waals surface area contributed by atoms with E-state index in [9.17, 15) is 18.0 Å². The number of nitriles is 1. The summed E-state index contributed by atoms with van der Waals surface area (Å²) in [5.41, 5.74) is -0.763. The van der Waals surface area contributed by atoms with Crippen molar-refractivity contribution in [3.63, 3.8) is 0 Å². The van der Waals surface area contributed by atoms with E-state index in [0.29, 0.717) is 5.69 Å². The molecule has 0 bridgehead atoms. The quantitative estimate of drug-likeness (QED) is 0.882. The van der Waals surface area contributed by atoms with E-state index in [4.69, 9.17) is 21.6 Å². The van der Waals surface area contributed by atoms with Crippen molar-refractivity contribution < 1.29 is 22.7 Å². The van der Waals surface area contributed by atoms with Gasteiger partial charge in [-0.2, -0.15) is 18.4 Å². The Bertz CT molecular complexity index is 803. The zero-order valence-corrected chi connectivity index (χ0v) is 12.6. The van der Waals surface area contributed by atoms with E-state index in [0.717, 1.165) is 12.1 Å². The summed E-state index contributed by atoms with van der Waals surface area (Å²) in [7, 11) is 0. The molecule has 2 aromatic rings. The molecule has 0 saturated carbocycles. The molecule has 9 heteroatoms. The molecule has 0 atom stereocenters. The van der Waals surface area contributed by atoms with E-state index in [1.165, 1.54) is 24.3 Å². The summed E-state index contributed by atoms with van der Waals surface area (Å²) in [6.45, 7) is 0. The van der Waals surface area contributed by atoms with Gasteiger partial charge in [0.05, 0.1) is 11.1 Å². The first kappa shape index (κ1) is 17.6. The average molecular weight is 356 g/mol. The number of aromatic nitrogens is 1. The van der Waals surface area contributed by atoms with Gasteiger partial charge in [0.2, 0.25) is 11.8 Å². The highest BCUT2D eigenvalue weighted by atomic mass is 35.5. The molecule has 5 nitrogen and oxygen atoms in total. The maximum Gasteiger partial charge on any atom is 0.433 e. The maximum absolute atomic E-state index is 12.6. The SMILES string of the molecule is N#CCC(=O)Nc1ccc(Oc2cccc(C(F)(F)F)n2)c(Cl)c1. The van der Waals surface area contributed by atoms with Gasteiger partial charge >= 0.3 is 6.18 Å². The lowest BCUT2D eigenvalue weighted by Gasteiger charge is -2.11. The van der Waals surface area contributed by atoms with Gasteiger partial charge < -0.3 is 10.1 Å². The predicted molar refractivity (Wildman–Crippen MR) is 79.6 cm³/mol. The zero-order valence-electron chi connectivity index (χ0n) is 11.9. The zero-order chi connectivity index (χ0) is 17.7. The average Bonchev–Trinajstić information content (AvgIpc) is 2.50. The third kappa shape index (κ3) is 4.60. The summed E-state index contributed by atoms with van der Waals surface area (Å²) in [4.78, 5) is 14.7. The van der Waals surface area contributed by atoms with Gasteiger partial charge in [0.25, 0.3) is 0 Å². The topological polar surface area (TPSA) is 75.0 Å². The minimum Gasteiger partial charge on any atom is -0.437 e. The van der Waals surface area contributed by atoms with Crippen LogP contribution in [0.1, 0.15) is 12.1 Å². The molecule has 0 fully saturated rings. The second kappa shape index (κ2) is 7.19. The lowest BCUT2D eigenvalue weighted by Crippen LogP contribution is -2.10. The number of amides is 1. The van der Waals surface area contributed by atoms with Gasteiger partial charge in [0.15, 0.2) is 0 Å². The molecule has 1 N–H and O–H groups in total. The van der Waals surface area contributed by atoms with Crippen LogP contribution in [0, 0.1) is 11.3 Å². The third-order valence-electron chi connectivity index (χ3n) is 2.68. The maximum atomic E-state index is 12.6. The van der Waals surface area contributed by atoms with Gasteiger partial charge in [0, 0.05) is 11.8 Å². The highest BCUT2D eigenvalue weighted by molar-refractivity contribution is 6.32. The molecule has 124 valence electrons. The first-order chi connectivity index (χ1) is 11.3. The summed E-state index contributed by atoms with van der Waals surface area (Å²) in [5, 5.41) is 10.9. The molecule has 1 aromatic carbocycles. The smallest absolute Gasteiger partial charge is 0.433 e. The van der Waals surface area contributed by atoms with Gasteiger partial charge in [-0.3, -0.25) is 4.79 Å². The van der Waals surface area contributed by atoms with E-state index in [2.05, 4.69) is 10.3 Å². The number of alkyl halides is 3. The van der Waals surface area contributed by atoms with Crippen LogP contribution in [0.2, 0.25) is 5.02 Å². The monoisotopic (exact) mass is 355 g/mol. The first-order valence-electron chi connectivity index (χ1n) is 6.48. The Balaban J connectivity index is 2.17. The van der Waals surface area contributed by atoms with Gasteiger partial charge in [-0.15, -0.1) is 0 Å². The molecule has 0 aliphatic heterocycles. The number of hydrogen-bond donors (Lipinski definition) is 1. The second-order valence-electron chi connectivity index (χ2n) is 4.49. The summed E-state index contributed by atoms with van der Waals surface area (Å²) >= 11 is 5.98. The van der Waals surface area contributed by atoms with Crippen LogP contribution in [0.4, 0.5) is 18.9 Å². The van der Waals surface area contributed by atoms with Crippen molar-refractivity contribution in [1.82, 2.24) is 4.98 Å². The van der Waals surface area contributed by atoms with Crippen molar-refractivity contribution in [3.05, 3.63) is 47.1 Å². The first-order valence-corrected chi connectivity index (χ1v) is 6.86. The number of rotatable bonds is 4. The van der Waals surface area contributed by atoms with E-state index in [-0.39, 0.29) is 23.1 Å². The largest absolute Gasteiger partial charge is 0.437 e. The molecule has 0 radical (unpaired) electrons. The number of ether oxygens (including phenoxy) is 1. The summed E-state index contributed by atoms with van der Waals surface area (Å²) in [5.74, 6) is -0.712. The number of nitrogens with one attached hydrogen (secondary N) is 1. The van der Waals surface area contributed by atoms with Crippen LogP contribution >= 0.6 is 11.6 Å². The number of halogens is 4. The van der Waals surface area contributed by atoms with Crippen LogP contribution in [0.25, 0.3) is 0 Å². The molecule has 0 saturated heterocycles. The molecule has 1 heterocycles. The fourth-order valence-corrected chi connectivity index (χ4v) is 1.90. The van der Waals surface area contributed by atoms with Crippen LogP contribution in [0.3, 0.4) is 0 Å². The van der Waals surface area contributed by atoms with Crippen molar-refractivity contribution in [3.8, 4) is 17.7 Å². The van der Waals surface area contributed by atoms with Crippen LogP contribution < -0.4 is 10.1 Å². The molecule has 0 aliphatic rings. The predicted octanol–water partition coefficient (Wildman–Crippen LogP) is 4.40. The van der Waals surface area contributed by atoms with Crippen LogP contribution in [-0.2, 0) is 11.0 Å². The molecule has 2 rings (SSSR count). The Morgan fingerprint density at radius 3 is 2.71 bits per heavy atom. The highest BCUT2D eigenvalue weighted by Gasteiger charge is 2.32. The van der Waals surface area contributed by atoms with Crippen LogP contribution in [0.5, 0.6) is 11.6 Å². The number of carbonyl (C=O) groups excluding carboxylic acids is 1. The number of benzene rings is 1. The van der Waals surface area contributed by atoms with Gasteiger partial charge in [-0.1, -0.05) is 17.7 Å². The van der Waals surface area contributed by atoms with Crippen molar-refractivity contribution in [2.45, 2.75) is 12.6 Å². The number of pyridine rings is 1. The fourth-order valence-electron chi connectivity index (χ4n) is 1.68. The minimum atomic E-state index is -4.59. The standard InChI is InChI=1S/C15H9ClF3N3O2/c16-10-8-9(21-13(23)6-7-20)4-5-11(10)24-14-3-1-2-12(22-14)15(17,18)19/h1-5,8H,6H2,(H,21,23). The highest BCUT2D eigenvalue weighted by Crippen LogP contribution is 2.33. The number of anilines is 1. The molecule has 1 aromatic heterocycles. The Morgan fingerprint density at radius 2 is 2.08 bits per heavy atom. The molecular formula is C15H9ClF3N3O2. The Kier molecular flexibility index (Phi) is 5.26. The molecule has 0 spiro atoms. The third-order valence-corrected chi connectivity index (χ3v) is 2.98. The lowest BCUT2D eigenvalue weighted by atomic mass is 10.3. The Labute approximate surface area is 139 Å². The fraction of sp³-hybridized carbons (Fsp3) is 0.133. The van der Waals surface area contributed by atoms with E-state index in [1.54, 1.807) is 6.07 Å². The molecular weight excluding hydrogens is 347 g/mol. The molecule has 1 amide bonds. The minimum absolute atomic E-state index is 0.0592. The lowest BCUT2D eigenvalue weighted by molar-refractivity contribution is -0.141. The van der Waals surface area contributed by atoms with Crippen molar-refractivity contribution in [1.29, 1.82) is 5.26 Å². The molecule has 24 heavy (non-hydrogen) atoms. The number of carbonyl (C=O) groups is 1. The Hall–Kier alpha value is -2.79. The summed E-state index contributed by atoms with van der Waals surface area (Å²) < 4.78 is 43.1. The molecule has 0 unspecified atom stereocenters. The number of hydrogen-bond acceptors (Lipinski definition) is 4. The van der Waals surface area contributed by atoms with E-state index in [1.807, 2.05) is 0 Å². The summed E-state index contributed by atoms with van der Waals surface area (Å²) in [6.07, 6.45) is -4.90. The summed E-state index contributed by atoms with van der Waals surface area (Å²) in [6, 6.07) is 9.08. The molecule has 0 aliphatic carbocycles. The Morgan fingerprint density at radius 1 is 1.33 bits per heavy atom. The van der Waals surface area contributed by atoms with Crippen LogP contribution in [0.15, 0.2) is 36.4 Å². The van der Waals surface area contributed by atoms with E-state index < -0.39 is 17.8 Å². The van der Waals surface area contributed by atoms with Gasteiger partial charge in [-0.05, 0) is 24.3 Å². The van der Waals surface area contributed by atoms with Crippen molar-refractivity contribution in [2.75, 3.05) is 5.32 Å². The van der Waals surface area contributed by atoms with Gasteiger partial charge in [0.1, 0.15) is 17.9 Å². The van der Waals surface area contributed by atoms with Crippen molar-refractivity contribution in [2.24, 2.45) is 0 Å². The second-order valence-corrected chi connectivity index (χ2v) is 4.90. The normalized spacial score (nSPS) is 10.8. The van der Waals surface area contributed by atoms with Crippen LogP contribution in [-0.4, -0.2) is 10.9 Å². The van der Waals surface area contributed by atoms with Crippen molar-refractivity contribution >= 4 is 23.2 Å².